The number of hydrogen-bond donors (Lipinski definition) is 0. The van der Waals surface area contributed by atoms with Gasteiger partial charge in [0.15, 0.2) is 5.82 Å². The van der Waals surface area contributed by atoms with Crippen molar-refractivity contribution in [2.24, 2.45) is 0 Å². The molecular weight excluding hydrogens is 665 g/mol. The summed E-state index contributed by atoms with van der Waals surface area (Å²) in [7, 11) is 0. The number of nitrogens with zero attached hydrogens (tertiary/aromatic N) is 4. The molecule has 5 heterocycles. The van der Waals surface area contributed by atoms with Crippen molar-refractivity contribution < 1.29 is 0 Å². The molecule has 1 aliphatic carbocycles. The van der Waals surface area contributed by atoms with Crippen molar-refractivity contribution in [3.8, 4) is 17.3 Å². The van der Waals surface area contributed by atoms with E-state index in [4.69, 9.17) is 4.98 Å². The first kappa shape index (κ1) is 29.2. The molecule has 1 unspecified atom stereocenters. The Morgan fingerprint density at radius 1 is 0.528 bits per heavy atom. The van der Waals surface area contributed by atoms with Gasteiger partial charge in [0.05, 0.1) is 32.3 Å². The fourth-order valence-electron chi connectivity index (χ4n) is 9.21. The molecule has 6 aromatic carbocycles. The minimum Gasteiger partial charge on any atom is -0.310 e. The summed E-state index contributed by atoms with van der Waals surface area (Å²) in [6, 6.07) is 53.2. The number of benzene rings is 6. The number of rotatable bonds is 3. The monoisotopic (exact) mass is 696 g/mol. The number of hydrogen-bond acceptors (Lipinski definition) is 2. The first-order chi connectivity index (χ1) is 26.2. The molecule has 1 atom stereocenters. The van der Waals surface area contributed by atoms with Crippen LogP contribution in [0.1, 0.15) is 30.5 Å². The van der Waals surface area contributed by atoms with Gasteiger partial charge in [0.25, 0.3) is 0 Å². The maximum absolute atomic E-state index is 5.68. The van der Waals surface area contributed by atoms with Gasteiger partial charge in [-0.25, -0.2) is 4.98 Å². The normalized spacial score (nSPS) is 14.5. The summed E-state index contributed by atoms with van der Waals surface area (Å²) in [5.41, 5.74) is 9.78. The van der Waals surface area contributed by atoms with Gasteiger partial charge >= 0.3 is 0 Å². The van der Waals surface area contributed by atoms with Crippen LogP contribution in [0.4, 0.5) is 0 Å². The molecule has 1 aliphatic rings. The Labute approximate surface area is 309 Å². The lowest BCUT2D eigenvalue weighted by molar-refractivity contribution is 0.773. The summed E-state index contributed by atoms with van der Waals surface area (Å²) in [5, 5.41) is 8.73. The molecule has 0 aliphatic heterocycles. The zero-order valence-electron chi connectivity index (χ0n) is 29.0. The van der Waals surface area contributed by atoms with Gasteiger partial charge in [0.2, 0.25) is 0 Å². The van der Waals surface area contributed by atoms with Crippen LogP contribution < -0.4 is 0 Å². The summed E-state index contributed by atoms with van der Waals surface area (Å²) in [6.45, 7) is 2.35. The molecule has 0 amide bonds. The second kappa shape index (κ2) is 10.8. The fraction of sp³-hybridized carbons (Fsp3) is 0.0625. The van der Waals surface area contributed by atoms with Crippen molar-refractivity contribution in [2.75, 3.05) is 0 Å². The molecule has 0 saturated carbocycles. The third-order valence-corrected chi connectivity index (χ3v) is 12.7. The van der Waals surface area contributed by atoms with Crippen molar-refractivity contribution in [2.45, 2.75) is 19.3 Å². The third kappa shape index (κ3) is 3.97. The molecule has 0 fully saturated rings. The van der Waals surface area contributed by atoms with Crippen LogP contribution in [0.15, 0.2) is 152 Å². The van der Waals surface area contributed by atoms with E-state index in [1.165, 1.54) is 69.6 Å². The van der Waals surface area contributed by atoms with Gasteiger partial charge in [0, 0.05) is 53.8 Å². The van der Waals surface area contributed by atoms with Crippen molar-refractivity contribution in [1.29, 1.82) is 0 Å². The summed E-state index contributed by atoms with van der Waals surface area (Å²) in [5.74, 6) is 2.35. The highest BCUT2D eigenvalue weighted by Gasteiger charge is 2.25. The van der Waals surface area contributed by atoms with E-state index >= 15 is 0 Å². The molecule has 0 saturated heterocycles. The average molecular weight is 697 g/mol. The topological polar surface area (TPSA) is 27.7 Å². The van der Waals surface area contributed by atoms with E-state index in [-0.39, 0.29) is 0 Å². The van der Waals surface area contributed by atoms with Gasteiger partial charge in [-0.2, -0.15) is 0 Å². The second-order valence-electron chi connectivity index (χ2n) is 14.4. The SMILES string of the molecule is CC1CC=Cc2c1c1ccccc1n2-c1ccc2c(c1)c1ccccc1n2-c1nc(-n2c3ccccc3c3ccccc32)cc2c1sc1ccccc12. The van der Waals surface area contributed by atoms with E-state index in [0.717, 1.165) is 40.1 Å². The van der Waals surface area contributed by atoms with E-state index in [1.807, 2.05) is 11.3 Å². The van der Waals surface area contributed by atoms with E-state index in [9.17, 15) is 0 Å². The number of thiophene rings is 1. The Morgan fingerprint density at radius 2 is 1.09 bits per heavy atom. The first-order valence-corrected chi connectivity index (χ1v) is 19.2. The van der Waals surface area contributed by atoms with Crippen LogP contribution in [0.2, 0.25) is 0 Å². The third-order valence-electron chi connectivity index (χ3n) is 11.5. The number of allylic oxidation sites excluding steroid dienone is 1. The van der Waals surface area contributed by atoms with Crippen molar-refractivity contribution in [3.63, 3.8) is 0 Å². The van der Waals surface area contributed by atoms with Gasteiger partial charge in [-0.1, -0.05) is 104 Å². The number of aromatic nitrogens is 4. The largest absolute Gasteiger partial charge is 0.310 e. The summed E-state index contributed by atoms with van der Waals surface area (Å²) < 4.78 is 9.68. The van der Waals surface area contributed by atoms with E-state index < -0.39 is 0 Å². The van der Waals surface area contributed by atoms with Crippen molar-refractivity contribution in [1.82, 2.24) is 18.7 Å². The van der Waals surface area contributed by atoms with Crippen LogP contribution in [0.25, 0.3) is 98.1 Å². The highest BCUT2D eigenvalue weighted by atomic mass is 32.1. The van der Waals surface area contributed by atoms with Gasteiger partial charge in [0.1, 0.15) is 5.82 Å². The smallest absolute Gasteiger partial charge is 0.158 e. The molecule has 53 heavy (non-hydrogen) atoms. The molecule has 0 spiro atoms. The van der Waals surface area contributed by atoms with Crippen LogP contribution >= 0.6 is 11.3 Å². The fourth-order valence-corrected chi connectivity index (χ4v) is 10.4. The van der Waals surface area contributed by atoms with Crippen LogP contribution in [0, 0.1) is 0 Å². The predicted molar refractivity (Wildman–Crippen MR) is 225 cm³/mol. The van der Waals surface area contributed by atoms with E-state index in [1.54, 1.807) is 0 Å². The van der Waals surface area contributed by atoms with Gasteiger partial charge in [-0.15, -0.1) is 11.3 Å². The van der Waals surface area contributed by atoms with Gasteiger partial charge < -0.3 is 4.57 Å². The first-order valence-electron chi connectivity index (χ1n) is 18.4. The van der Waals surface area contributed by atoms with Gasteiger partial charge in [-0.3, -0.25) is 9.13 Å². The Bertz CT molecular complexity index is 3290. The highest BCUT2D eigenvalue weighted by molar-refractivity contribution is 7.26. The molecule has 5 heteroatoms. The highest BCUT2D eigenvalue weighted by Crippen LogP contribution is 2.44. The second-order valence-corrected chi connectivity index (χ2v) is 15.4. The molecule has 11 aromatic rings. The van der Waals surface area contributed by atoms with Crippen LogP contribution in [-0.4, -0.2) is 18.7 Å². The van der Waals surface area contributed by atoms with Crippen LogP contribution in [0.5, 0.6) is 0 Å². The molecule has 12 rings (SSSR count). The van der Waals surface area contributed by atoms with Crippen molar-refractivity contribution in [3.05, 3.63) is 163 Å². The maximum Gasteiger partial charge on any atom is 0.158 e. The lowest BCUT2D eigenvalue weighted by Gasteiger charge is -2.17. The summed E-state index contributed by atoms with van der Waals surface area (Å²) in [4.78, 5) is 5.68. The predicted octanol–water partition coefficient (Wildman–Crippen LogP) is 13.1. The molecule has 0 bridgehead atoms. The quantitative estimate of drug-likeness (QED) is 0.181. The minimum absolute atomic E-state index is 0.475. The average Bonchev–Trinajstić information content (AvgIpc) is 3.94. The van der Waals surface area contributed by atoms with Crippen LogP contribution in [0.3, 0.4) is 0 Å². The molecule has 5 aromatic heterocycles. The zero-order valence-corrected chi connectivity index (χ0v) is 29.8. The van der Waals surface area contributed by atoms with Gasteiger partial charge in [-0.05, 0) is 78.6 Å². The zero-order chi connectivity index (χ0) is 34.8. The number of pyridine rings is 1. The summed E-state index contributed by atoms with van der Waals surface area (Å²) in [6.07, 6.45) is 5.73. The standard InChI is InChI=1S/C48H32N4S/c1-29-13-12-23-43-46(29)35-18-5-10-22-41(35)50(43)30-25-26-42-36(27-30)33-16-4-9-21-40(33)52(42)48-47-37(34-17-6-11-24-44(34)53-47)28-45(49-48)51-38-19-7-2-14-31(38)32-15-3-8-20-39(32)51/h2-12,14-29H,13H2,1H3. The Balaban J connectivity index is 1.18. The molecule has 250 valence electrons. The van der Waals surface area contributed by atoms with E-state index in [0.29, 0.717) is 5.92 Å². The number of fused-ring (bicyclic) bond motifs is 12. The van der Waals surface area contributed by atoms with Crippen molar-refractivity contribution >= 4 is 92.1 Å². The maximum atomic E-state index is 5.68. The molecule has 0 radical (unpaired) electrons. The van der Waals surface area contributed by atoms with Crippen LogP contribution in [-0.2, 0) is 0 Å². The summed E-state index contributed by atoms with van der Waals surface area (Å²) >= 11 is 1.83. The lowest BCUT2D eigenvalue weighted by Crippen LogP contribution is -2.04. The minimum atomic E-state index is 0.475. The number of para-hydroxylation sites is 4. The Morgan fingerprint density at radius 3 is 1.81 bits per heavy atom. The molecule has 4 nitrogen and oxygen atoms in total. The molecule has 0 N–H and O–H groups in total. The lowest BCUT2D eigenvalue weighted by atomic mass is 9.91. The Hall–Kier alpha value is -6.43. The Kier molecular flexibility index (Phi) is 5.94. The van der Waals surface area contributed by atoms with E-state index in [2.05, 4.69) is 178 Å². The molecular formula is C48H32N4S.